The number of amides is 2. The van der Waals surface area contributed by atoms with E-state index in [2.05, 4.69) is 26.8 Å². The molecule has 2 N–H and O–H groups in total. The van der Waals surface area contributed by atoms with Gasteiger partial charge in [0.1, 0.15) is 0 Å². The van der Waals surface area contributed by atoms with Crippen LogP contribution in [0, 0.1) is 0 Å². The molecule has 0 aliphatic rings. The van der Waals surface area contributed by atoms with Crippen molar-refractivity contribution < 1.29 is 19.1 Å². The molecule has 0 unspecified atom stereocenters. The van der Waals surface area contributed by atoms with Crippen LogP contribution in [0.1, 0.15) is 22.8 Å². The van der Waals surface area contributed by atoms with Gasteiger partial charge in [-0.05, 0) is 48.9 Å². The van der Waals surface area contributed by atoms with Gasteiger partial charge in [-0.2, -0.15) is 0 Å². The lowest BCUT2D eigenvalue weighted by molar-refractivity contribution is -0.123. The molecule has 0 atom stereocenters. The molecule has 0 spiro atoms. The van der Waals surface area contributed by atoms with Crippen molar-refractivity contribution in [1.82, 2.24) is 10.9 Å². The number of nitrogens with one attached hydrogen (secondary N) is 2. The van der Waals surface area contributed by atoms with Crippen molar-refractivity contribution in [1.29, 1.82) is 0 Å². The van der Waals surface area contributed by atoms with E-state index in [1.165, 1.54) is 7.11 Å². The Hall–Kier alpha value is -2.80. The monoisotopic (exact) mass is 418 g/mol. The van der Waals surface area contributed by atoms with Gasteiger partial charge >= 0.3 is 0 Å². The first-order valence-corrected chi connectivity index (χ1v) is 8.61. The topological polar surface area (TPSA) is 76.7 Å². The Morgan fingerprint density at radius 2 is 1.81 bits per heavy atom. The zero-order chi connectivity index (χ0) is 18.9. The summed E-state index contributed by atoms with van der Waals surface area (Å²) in [6, 6.07) is 12.1. The third-order valence-corrected chi connectivity index (χ3v) is 3.86. The van der Waals surface area contributed by atoms with E-state index < -0.39 is 11.8 Å². The Kier molecular flexibility index (Phi) is 7.23. The highest BCUT2D eigenvalue weighted by atomic mass is 79.9. The maximum atomic E-state index is 11.9. The van der Waals surface area contributed by atoms with Crippen LogP contribution in [0.3, 0.4) is 0 Å². The van der Waals surface area contributed by atoms with Crippen LogP contribution in [-0.4, -0.2) is 25.5 Å². The average molecular weight is 419 g/mol. The van der Waals surface area contributed by atoms with Gasteiger partial charge in [0.2, 0.25) is 0 Å². The molecule has 0 bridgehead atoms. The van der Waals surface area contributed by atoms with E-state index in [0.29, 0.717) is 17.1 Å². The van der Waals surface area contributed by atoms with Gasteiger partial charge in [0.25, 0.3) is 11.8 Å². The number of hydrazine groups is 1. The average Bonchev–Trinajstić information content (AvgIpc) is 2.65. The lowest BCUT2D eigenvalue weighted by atomic mass is 10.2. The third kappa shape index (κ3) is 5.63. The van der Waals surface area contributed by atoms with E-state index in [-0.39, 0.29) is 6.61 Å². The van der Waals surface area contributed by atoms with Crippen LogP contribution in [0.5, 0.6) is 11.5 Å². The summed E-state index contributed by atoms with van der Waals surface area (Å²) in [5.41, 5.74) is 6.03. The number of carbonyl (C=O) groups excluding carboxylic acids is 2. The zero-order valence-corrected chi connectivity index (χ0v) is 16.0. The zero-order valence-electron chi connectivity index (χ0n) is 14.4. The molecule has 0 fully saturated rings. The Bertz CT molecular complexity index is 804. The summed E-state index contributed by atoms with van der Waals surface area (Å²) >= 11 is 3.29. The summed E-state index contributed by atoms with van der Waals surface area (Å²) in [6.45, 7) is 1.66. The third-order valence-electron chi connectivity index (χ3n) is 3.33. The molecule has 2 aromatic rings. The van der Waals surface area contributed by atoms with Crippen LogP contribution in [0.4, 0.5) is 0 Å². The van der Waals surface area contributed by atoms with E-state index in [9.17, 15) is 9.59 Å². The smallest absolute Gasteiger partial charge is 0.276 e. The maximum absolute atomic E-state index is 11.9. The molecule has 2 rings (SSSR count). The lowest BCUT2D eigenvalue weighted by Gasteiger charge is -2.12. The molecule has 26 heavy (non-hydrogen) atoms. The standard InChI is InChI=1S/C19H19BrN2O4/c1-3-4-13-5-10-16(17(11-13)25-2)26-12-18(23)21-22-19(24)14-6-8-15(20)9-7-14/h3-11H,12H2,1-2H3,(H,21,23)(H,22,24). The molecule has 2 amide bonds. The fourth-order valence-electron chi connectivity index (χ4n) is 2.08. The maximum Gasteiger partial charge on any atom is 0.276 e. The largest absolute Gasteiger partial charge is 0.493 e. The van der Waals surface area contributed by atoms with E-state index in [0.717, 1.165) is 10.0 Å². The van der Waals surface area contributed by atoms with Crippen molar-refractivity contribution in [3.05, 3.63) is 64.1 Å². The minimum Gasteiger partial charge on any atom is -0.493 e. The second-order valence-corrected chi connectivity index (χ2v) is 6.12. The Morgan fingerprint density at radius 1 is 1.08 bits per heavy atom. The number of methoxy groups -OCH3 is 1. The highest BCUT2D eigenvalue weighted by Gasteiger charge is 2.10. The first-order chi connectivity index (χ1) is 12.5. The number of ether oxygens (including phenoxy) is 2. The fraction of sp³-hybridized carbons (Fsp3) is 0.158. The summed E-state index contributed by atoms with van der Waals surface area (Å²) in [5, 5.41) is 0. The highest BCUT2D eigenvalue weighted by Crippen LogP contribution is 2.28. The molecule has 0 aliphatic carbocycles. The van der Waals surface area contributed by atoms with Gasteiger partial charge in [0.15, 0.2) is 18.1 Å². The van der Waals surface area contributed by atoms with Crippen LogP contribution in [0.25, 0.3) is 6.08 Å². The van der Waals surface area contributed by atoms with Gasteiger partial charge in [-0.3, -0.25) is 20.4 Å². The van der Waals surface area contributed by atoms with Crippen LogP contribution in [0.2, 0.25) is 0 Å². The molecular weight excluding hydrogens is 400 g/mol. The van der Waals surface area contributed by atoms with Gasteiger partial charge in [-0.15, -0.1) is 0 Å². The number of allylic oxidation sites excluding steroid dienone is 1. The highest BCUT2D eigenvalue weighted by molar-refractivity contribution is 9.10. The van der Waals surface area contributed by atoms with E-state index in [1.807, 2.05) is 31.2 Å². The van der Waals surface area contributed by atoms with Crippen LogP contribution in [-0.2, 0) is 4.79 Å². The SMILES string of the molecule is CC=Cc1ccc(OCC(=O)NNC(=O)c2ccc(Br)cc2)c(OC)c1. The lowest BCUT2D eigenvalue weighted by Crippen LogP contribution is -2.43. The summed E-state index contributed by atoms with van der Waals surface area (Å²) in [6.07, 6.45) is 3.84. The first kappa shape index (κ1) is 19.5. The second kappa shape index (κ2) is 9.62. The molecule has 0 saturated carbocycles. The molecular formula is C19H19BrN2O4. The van der Waals surface area contributed by atoms with E-state index in [4.69, 9.17) is 9.47 Å². The van der Waals surface area contributed by atoms with Crippen LogP contribution >= 0.6 is 15.9 Å². The Morgan fingerprint density at radius 3 is 2.46 bits per heavy atom. The normalized spacial score (nSPS) is 10.4. The van der Waals surface area contributed by atoms with Crippen molar-refractivity contribution in [2.75, 3.05) is 13.7 Å². The van der Waals surface area contributed by atoms with E-state index >= 15 is 0 Å². The molecule has 7 heteroatoms. The van der Waals surface area contributed by atoms with Gasteiger partial charge in [0, 0.05) is 10.0 Å². The Balaban J connectivity index is 1.86. The van der Waals surface area contributed by atoms with Gasteiger partial charge < -0.3 is 9.47 Å². The number of hydrogen-bond donors (Lipinski definition) is 2. The summed E-state index contributed by atoms with van der Waals surface area (Å²) in [7, 11) is 1.53. The number of benzene rings is 2. The molecule has 0 radical (unpaired) electrons. The first-order valence-electron chi connectivity index (χ1n) is 7.81. The van der Waals surface area contributed by atoms with Gasteiger partial charge in [-0.1, -0.05) is 34.1 Å². The summed E-state index contributed by atoms with van der Waals surface area (Å²) in [5.74, 6) is 0.0524. The van der Waals surface area contributed by atoms with Gasteiger partial charge in [-0.25, -0.2) is 0 Å². The van der Waals surface area contributed by atoms with Crippen LogP contribution < -0.4 is 20.3 Å². The summed E-state index contributed by atoms with van der Waals surface area (Å²) in [4.78, 5) is 23.8. The molecule has 6 nitrogen and oxygen atoms in total. The second-order valence-electron chi connectivity index (χ2n) is 5.21. The molecule has 0 aromatic heterocycles. The molecule has 0 aliphatic heterocycles. The molecule has 0 saturated heterocycles. The minimum atomic E-state index is -0.491. The van der Waals surface area contributed by atoms with Crippen molar-refractivity contribution >= 4 is 33.8 Å². The molecule has 2 aromatic carbocycles. The minimum absolute atomic E-state index is 0.264. The van der Waals surface area contributed by atoms with Crippen molar-refractivity contribution in [3.8, 4) is 11.5 Å². The van der Waals surface area contributed by atoms with Crippen molar-refractivity contribution in [3.63, 3.8) is 0 Å². The van der Waals surface area contributed by atoms with Crippen molar-refractivity contribution in [2.45, 2.75) is 6.92 Å². The molecule has 136 valence electrons. The van der Waals surface area contributed by atoms with E-state index in [1.54, 1.807) is 30.3 Å². The quantitative estimate of drug-likeness (QED) is 0.705. The number of halogens is 1. The number of rotatable bonds is 6. The fourth-order valence-corrected chi connectivity index (χ4v) is 2.34. The number of hydrogen-bond acceptors (Lipinski definition) is 4. The molecule has 0 heterocycles. The Labute approximate surface area is 160 Å². The summed E-state index contributed by atoms with van der Waals surface area (Å²) < 4.78 is 11.6. The van der Waals surface area contributed by atoms with Crippen molar-refractivity contribution in [2.24, 2.45) is 0 Å². The van der Waals surface area contributed by atoms with Crippen LogP contribution in [0.15, 0.2) is 53.0 Å². The predicted octanol–water partition coefficient (Wildman–Crippen LogP) is 3.33. The predicted molar refractivity (Wildman–Crippen MR) is 103 cm³/mol. The van der Waals surface area contributed by atoms with Gasteiger partial charge in [0.05, 0.1) is 7.11 Å². The number of carbonyl (C=O) groups is 2.